The highest BCUT2D eigenvalue weighted by atomic mass is 19.1. The SMILES string of the molecule is O=C(Nc1ccc(F)cc1)Nc1ccc(C(=O)Cn2c(=O)c3ccccc3n3cncc23)cc1. The lowest BCUT2D eigenvalue weighted by Gasteiger charge is -2.11. The molecule has 8 nitrogen and oxygen atoms in total. The van der Waals surface area contributed by atoms with E-state index in [9.17, 15) is 18.8 Å². The average molecular weight is 455 g/mol. The maximum atomic E-state index is 13.0. The number of imidazole rings is 1. The Balaban J connectivity index is 1.33. The van der Waals surface area contributed by atoms with Crippen molar-refractivity contribution in [2.24, 2.45) is 0 Å². The van der Waals surface area contributed by atoms with E-state index >= 15 is 0 Å². The molecular weight excluding hydrogens is 437 g/mol. The first-order valence-corrected chi connectivity index (χ1v) is 10.4. The number of hydrogen-bond donors (Lipinski definition) is 2. The molecular formula is C25H18FN5O3. The molecule has 2 heterocycles. The van der Waals surface area contributed by atoms with Crippen LogP contribution in [0.4, 0.5) is 20.6 Å². The molecule has 5 aromatic rings. The molecule has 9 heteroatoms. The minimum Gasteiger partial charge on any atom is -0.308 e. The van der Waals surface area contributed by atoms with E-state index < -0.39 is 11.8 Å². The van der Waals surface area contributed by atoms with Crippen molar-refractivity contribution in [1.82, 2.24) is 14.0 Å². The maximum absolute atomic E-state index is 13.0. The second kappa shape index (κ2) is 8.62. The van der Waals surface area contributed by atoms with E-state index in [1.807, 2.05) is 12.1 Å². The van der Waals surface area contributed by atoms with Crippen LogP contribution >= 0.6 is 0 Å². The summed E-state index contributed by atoms with van der Waals surface area (Å²) in [6, 6.07) is 18.4. The number of anilines is 2. The van der Waals surface area contributed by atoms with Crippen LogP contribution < -0.4 is 16.2 Å². The minimum atomic E-state index is -0.503. The van der Waals surface area contributed by atoms with Gasteiger partial charge < -0.3 is 10.6 Å². The third-order valence-electron chi connectivity index (χ3n) is 5.40. The zero-order chi connectivity index (χ0) is 23.7. The van der Waals surface area contributed by atoms with Crippen molar-refractivity contribution in [2.75, 3.05) is 10.6 Å². The Morgan fingerprint density at radius 2 is 1.53 bits per heavy atom. The van der Waals surface area contributed by atoms with E-state index in [1.165, 1.54) is 28.8 Å². The zero-order valence-electron chi connectivity index (χ0n) is 17.7. The van der Waals surface area contributed by atoms with Crippen LogP contribution in [0.1, 0.15) is 10.4 Å². The Labute approximate surface area is 192 Å². The summed E-state index contributed by atoms with van der Waals surface area (Å²) in [4.78, 5) is 42.3. The second-order valence-corrected chi connectivity index (χ2v) is 7.62. The molecule has 0 atom stereocenters. The van der Waals surface area contributed by atoms with Gasteiger partial charge in [0, 0.05) is 16.9 Å². The van der Waals surface area contributed by atoms with Gasteiger partial charge in [-0.1, -0.05) is 12.1 Å². The van der Waals surface area contributed by atoms with E-state index in [0.29, 0.717) is 28.0 Å². The standard InChI is InChI=1S/C25H18FN5O3/c26-17-7-11-19(12-8-17)29-25(34)28-18-9-5-16(6-10-18)22(32)14-30-23-13-27-15-31(23)21-4-2-1-3-20(21)24(30)33/h1-13,15H,14H2,(H2,28,29,34). The molecule has 0 aliphatic rings. The number of carbonyl (C=O) groups is 2. The van der Waals surface area contributed by atoms with E-state index in [4.69, 9.17) is 0 Å². The highest BCUT2D eigenvalue weighted by Gasteiger charge is 2.15. The van der Waals surface area contributed by atoms with E-state index in [0.717, 1.165) is 5.52 Å². The van der Waals surface area contributed by atoms with Gasteiger partial charge in [0.05, 0.1) is 23.6 Å². The van der Waals surface area contributed by atoms with Gasteiger partial charge in [-0.25, -0.2) is 14.2 Å². The van der Waals surface area contributed by atoms with Crippen LogP contribution in [-0.2, 0) is 6.54 Å². The van der Waals surface area contributed by atoms with Gasteiger partial charge >= 0.3 is 6.03 Å². The Bertz CT molecular complexity index is 1590. The molecule has 0 bridgehead atoms. The van der Waals surface area contributed by atoms with Crippen LogP contribution in [-0.4, -0.2) is 25.8 Å². The van der Waals surface area contributed by atoms with Gasteiger partial charge in [-0.3, -0.25) is 18.6 Å². The van der Waals surface area contributed by atoms with E-state index in [1.54, 1.807) is 53.3 Å². The normalized spacial score (nSPS) is 11.0. The number of halogens is 1. The molecule has 0 aliphatic heterocycles. The summed E-state index contributed by atoms with van der Waals surface area (Å²) in [5.41, 5.74) is 2.27. The molecule has 0 spiro atoms. The Morgan fingerprint density at radius 3 is 2.24 bits per heavy atom. The minimum absolute atomic E-state index is 0.156. The van der Waals surface area contributed by atoms with Gasteiger partial charge in [-0.05, 0) is 60.7 Å². The molecule has 168 valence electrons. The topological polar surface area (TPSA) is 97.5 Å². The number of aromatic nitrogens is 3. The average Bonchev–Trinajstić information content (AvgIpc) is 3.34. The number of urea groups is 1. The predicted octanol–water partition coefficient (Wildman–Crippen LogP) is 4.32. The highest BCUT2D eigenvalue weighted by molar-refractivity contribution is 6.01. The predicted molar refractivity (Wildman–Crippen MR) is 127 cm³/mol. The van der Waals surface area contributed by atoms with Gasteiger partial charge in [-0.15, -0.1) is 0 Å². The lowest BCUT2D eigenvalue weighted by atomic mass is 10.1. The molecule has 3 aromatic carbocycles. The summed E-state index contributed by atoms with van der Waals surface area (Å²) in [5.74, 6) is -0.658. The molecule has 0 fully saturated rings. The van der Waals surface area contributed by atoms with Crippen molar-refractivity contribution in [3.8, 4) is 0 Å². The molecule has 0 aliphatic carbocycles. The number of hydrogen-bond acceptors (Lipinski definition) is 4. The number of nitrogens with zero attached hydrogens (tertiary/aromatic N) is 3. The third kappa shape index (κ3) is 4.02. The molecule has 2 amide bonds. The number of fused-ring (bicyclic) bond motifs is 3. The fourth-order valence-electron chi connectivity index (χ4n) is 3.74. The van der Waals surface area contributed by atoms with E-state index in [2.05, 4.69) is 15.6 Å². The molecule has 0 saturated carbocycles. The van der Waals surface area contributed by atoms with Crippen LogP contribution in [0.5, 0.6) is 0 Å². The van der Waals surface area contributed by atoms with Crippen LogP contribution in [0.25, 0.3) is 16.6 Å². The lowest BCUT2D eigenvalue weighted by molar-refractivity contribution is 0.0972. The first kappa shape index (κ1) is 21.1. The fourth-order valence-corrected chi connectivity index (χ4v) is 3.74. The van der Waals surface area contributed by atoms with Crippen molar-refractivity contribution in [1.29, 1.82) is 0 Å². The summed E-state index contributed by atoms with van der Waals surface area (Å²) in [5, 5.41) is 5.73. The van der Waals surface area contributed by atoms with Crippen LogP contribution in [0, 0.1) is 5.82 Å². The third-order valence-corrected chi connectivity index (χ3v) is 5.40. The van der Waals surface area contributed by atoms with Crippen molar-refractivity contribution < 1.29 is 14.0 Å². The Morgan fingerprint density at radius 1 is 0.882 bits per heavy atom. The molecule has 0 radical (unpaired) electrons. The molecule has 34 heavy (non-hydrogen) atoms. The van der Waals surface area contributed by atoms with Crippen LogP contribution in [0.2, 0.25) is 0 Å². The molecule has 0 unspecified atom stereocenters. The smallest absolute Gasteiger partial charge is 0.308 e. The summed E-state index contributed by atoms with van der Waals surface area (Å²) in [6.45, 7) is -0.156. The number of nitrogens with one attached hydrogen (secondary N) is 2. The summed E-state index contributed by atoms with van der Waals surface area (Å²) < 4.78 is 16.2. The monoisotopic (exact) mass is 455 g/mol. The van der Waals surface area contributed by atoms with Crippen LogP contribution in [0.3, 0.4) is 0 Å². The zero-order valence-corrected chi connectivity index (χ0v) is 17.7. The van der Waals surface area contributed by atoms with Crippen molar-refractivity contribution in [3.05, 3.63) is 107 Å². The van der Waals surface area contributed by atoms with Gasteiger partial charge in [0.1, 0.15) is 17.8 Å². The van der Waals surface area contributed by atoms with Gasteiger partial charge in [0.15, 0.2) is 5.78 Å². The number of Topliss-reactive ketones (excluding diaryl/α,β-unsaturated/α-hetero) is 1. The number of ketones is 1. The molecule has 0 saturated heterocycles. The largest absolute Gasteiger partial charge is 0.323 e. The van der Waals surface area contributed by atoms with Gasteiger partial charge in [0.2, 0.25) is 0 Å². The van der Waals surface area contributed by atoms with Gasteiger partial charge in [-0.2, -0.15) is 0 Å². The Hall–Kier alpha value is -4.79. The van der Waals surface area contributed by atoms with Crippen molar-refractivity contribution in [3.63, 3.8) is 0 Å². The number of para-hydroxylation sites is 1. The summed E-state index contributed by atoms with van der Waals surface area (Å²) >= 11 is 0. The maximum Gasteiger partial charge on any atom is 0.323 e. The Kier molecular flexibility index (Phi) is 5.35. The van der Waals surface area contributed by atoms with Crippen LogP contribution in [0.15, 0.2) is 90.1 Å². The molecule has 5 rings (SSSR count). The number of carbonyl (C=O) groups excluding carboxylic acids is 2. The highest BCUT2D eigenvalue weighted by Crippen LogP contribution is 2.16. The number of benzene rings is 3. The summed E-state index contributed by atoms with van der Waals surface area (Å²) in [7, 11) is 0. The van der Waals surface area contributed by atoms with E-state index in [-0.39, 0.29) is 17.9 Å². The van der Waals surface area contributed by atoms with Gasteiger partial charge in [0.25, 0.3) is 5.56 Å². The quantitative estimate of drug-likeness (QED) is 0.386. The van der Waals surface area contributed by atoms with Crippen molar-refractivity contribution >= 4 is 39.7 Å². The number of amides is 2. The fraction of sp³-hybridized carbons (Fsp3) is 0.0400. The second-order valence-electron chi connectivity index (χ2n) is 7.62. The number of rotatable bonds is 5. The lowest BCUT2D eigenvalue weighted by Crippen LogP contribution is -2.26. The van der Waals surface area contributed by atoms with Crippen molar-refractivity contribution in [2.45, 2.75) is 6.54 Å². The first-order valence-electron chi connectivity index (χ1n) is 10.4. The molecule has 2 N–H and O–H groups in total. The summed E-state index contributed by atoms with van der Waals surface area (Å²) in [6.07, 6.45) is 3.16. The molecule has 2 aromatic heterocycles. The first-order chi connectivity index (χ1) is 16.5.